The van der Waals surface area contributed by atoms with E-state index < -0.39 is 0 Å². The van der Waals surface area contributed by atoms with Gasteiger partial charge in [0.25, 0.3) is 0 Å². The van der Waals surface area contributed by atoms with Crippen LogP contribution in [0.4, 0.5) is 5.82 Å². The second-order valence-corrected chi connectivity index (χ2v) is 5.72. The lowest BCUT2D eigenvalue weighted by molar-refractivity contribution is -0.107. The third kappa shape index (κ3) is 2.88. The first-order valence-electron chi connectivity index (χ1n) is 8.14. The van der Waals surface area contributed by atoms with Crippen molar-refractivity contribution in [2.45, 2.75) is 6.42 Å². The number of hydrogen-bond donors (Lipinski definition) is 1. The monoisotopic (exact) mass is 344 g/mol. The quantitative estimate of drug-likeness (QED) is 0.560. The predicted molar refractivity (Wildman–Crippen MR) is 99.1 cm³/mol. The van der Waals surface area contributed by atoms with E-state index in [1.165, 1.54) is 0 Å². The normalized spacial score (nSPS) is 10.8. The van der Waals surface area contributed by atoms with Gasteiger partial charge in [-0.1, -0.05) is 18.2 Å². The van der Waals surface area contributed by atoms with Gasteiger partial charge in [0.1, 0.15) is 40.6 Å². The number of ether oxygens (including phenoxy) is 1. The topological polar surface area (TPSA) is 82.5 Å². The van der Waals surface area contributed by atoms with Crippen molar-refractivity contribution in [2.75, 3.05) is 5.73 Å². The molecule has 2 N–H and O–H groups in total. The van der Waals surface area contributed by atoms with Gasteiger partial charge in [-0.3, -0.25) is 4.40 Å². The molecular weight excluding hydrogens is 328 g/mol. The number of para-hydroxylation sites is 1. The van der Waals surface area contributed by atoms with Crippen molar-refractivity contribution in [3.8, 4) is 22.8 Å². The molecule has 0 atom stereocenters. The molecule has 0 fully saturated rings. The van der Waals surface area contributed by atoms with Gasteiger partial charge in [-0.05, 0) is 36.4 Å². The molecule has 4 rings (SSSR count). The highest BCUT2D eigenvalue weighted by Gasteiger charge is 2.15. The van der Waals surface area contributed by atoms with Gasteiger partial charge in [-0.25, -0.2) is 9.97 Å². The summed E-state index contributed by atoms with van der Waals surface area (Å²) in [5.41, 5.74) is 8.31. The van der Waals surface area contributed by atoms with Crippen LogP contribution in [0.3, 0.4) is 0 Å². The summed E-state index contributed by atoms with van der Waals surface area (Å²) < 4.78 is 7.62. The first kappa shape index (κ1) is 15.8. The van der Waals surface area contributed by atoms with Crippen LogP contribution in [0, 0.1) is 0 Å². The highest BCUT2D eigenvalue weighted by Crippen LogP contribution is 2.30. The lowest BCUT2D eigenvalue weighted by Gasteiger charge is -2.06. The molecule has 0 unspecified atom stereocenters. The van der Waals surface area contributed by atoms with Crippen LogP contribution in [0.2, 0.25) is 0 Å². The molecular formula is C20H16N4O2. The number of nitrogen functional groups attached to an aromatic ring is 1. The predicted octanol–water partition coefficient (Wildman–Crippen LogP) is 3.51. The Morgan fingerprint density at radius 2 is 1.77 bits per heavy atom. The molecule has 2 heterocycles. The zero-order valence-electron chi connectivity index (χ0n) is 13.9. The summed E-state index contributed by atoms with van der Waals surface area (Å²) in [6.07, 6.45) is 4.39. The van der Waals surface area contributed by atoms with Crippen LogP contribution in [-0.2, 0) is 11.2 Å². The van der Waals surface area contributed by atoms with Crippen molar-refractivity contribution in [3.63, 3.8) is 0 Å². The van der Waals surface area contributed by atoms with Gasteiger partial charge in [0.15, 0.2) is 0 Å². The van der Waals surface area contributed by atoms with Crippen LogP contribution in [0.5, 0.6) is 11.5 Å². The highest BCUT2D eigenvalue weighted by molar-refractivity contribution is 5.85. The second-order valence-electron chi connectivity index (χ2n) is 5.72. The van der Waals surface area contributed by atoms with E-state index in [0.717, 1.165) is 23.3 Å². The van der Waals surface area contributed by atoms with E-state index in [9.17, 15) is 4.79 Å². The van der Waals surface area contributed by atoms with Crippen molar-refractivity contribution in [3.05, 3.63) is 72.8 Å². The average Bonchev–Trinajstić information content (AvgIpc) is 3.04. The minimum atomic E-state index is 0.208. The Bertz CT molecular complexity index is 1060. The Labute approximate surface area is 149 Å². The molecule has 26 heavy (non-hydrogen) atoms. The summed E-state index contributed by atoms with van der Waals surface area (Å²) in [6, 6.07) is 17.2. The summed E-state index contributed by atoms with van der Waals surface area (Å²) in [5, 5.41) is 0. The lowest BCUT2D eigenvalue weighted by atomic mass is 10.1. The van der Waals surface area contributed by atoms with Crippen LogP contribution >= 0.6 is 0 Å². The molecule has 6 heteroatoms. The number of rotatable bonds is 5. The number of carbonyl (C=O) groups excluding carboxylic acids is 1. The zero-order valence-corrected chi connectivity index (χ0v) is 13.9. The molecule has 0 aliphatic rings. The number of aromatic nitrogens is 3. The highest BCUT2D eigenvalue weighted by atomic mass is 16.5. The standard InChI is InChI=1S/C20H16N4O2/c21-20-19-18(23-17(10-13-25)24(19)12-11-22-20)14-6-8-16(9-7-14)26-15-4-2-1-3-5-15/h1-9,11-13H,10H2,(H2,21,22). The molecule has 0 amide bonds. The fourth-order valence-electron chi connectivity index (χ4n) is 2.85. The van der Waals surface area contributed by atoms with E-state index >= 15 is 0 Å². The Hall–Kier alpha value is -3.67. The Kier molecular flexibility index (Phi) is 4.07. The molecule has 0 spiro atoms. The van der Waals surface area contributed by atoms with E-state index in [0.29, 0.717) is 22.9 Å². The molecule has 0 aliphatic carbocycles. The number of nitrogens with two attached hydrogens (primary N) is 1. The molecule has 0 bridgehead atoms. The van der Waals surface area contributed by atoms with Gasteiger partial charge in [-0.15, -0.1) is 0 Å². The lowest BCUT2D eigenvalue weighted by Crippen LogP contribution is -1.99. The van der Waals surface area contributed by atoms with Crippen molar-refractivity contribution >= 4 is 17.6 Å². The summed E-state index contributed by atoms with van der Waals surface area (Å²) >= 11 is 0. The third-order valence-corrected chi connectivity index (χ3v) is 4.03. The van der Waals surface area contributed by atoms with Crippen molar-refractivity contribution in [1.29, 1.82) is 0 Å². The van der Waals surface area contributed by atoms with E-state index in [4.69, 9.17) is 10.5 Å². The van der Waals surface area contributed by atoms with Crippen molar-refractivity contribution in [1.82, 2.24) is 14.4 Å². The van der Waals surface area contributed by atoms with Gasteiger partial charge in [0, 0.05) is 18.0 Å². The summed E-state index contributed by atoms with van der Waals surface area (Å²) in [7, 11) is 0. The molecule has 0 aliphatic heterocycles. The number of benzene rings is 2. The Morgan fingerprint density at radius 1 is 1.04 bits per heavy atom. The number of anilines is 1. The average molecular weight is 344 g/mol. The Morgan fingerprint density at radius 3 is 2.50 bits per heavy atom. The SMILES string of the molecule is Nc1nccn2c(CC=O)nc(-c3ccc(Oc4ccccc4)cc3)c12. The number of carbonyl (C=O) groups is 1. The maximum atomic E-state index is 11.0. The summed E-state index contributed by atoms with van der Waals surface area (Å²) in [4.78, 5) is 19.7. The maximum Gasteiger partial charge on any atom is 0.150 e. The van der Waals surface area contributed by atoms with E-state index in [1.54, 1.807) is 16.8 Å². The van der Waals surface area contributed by atoms with Gasteiger partial charge in [-0.2, -0.15) is 0 Å². The molecule has 2 aromatic carbocycles. The van der Waals surface area contributed by atoms with Gasteiger partial charge >= 0.3 is 0 Å². The number of hydrogen-bond acceptors (Lipinski definition) is 5. The molecule has 0 saturated heterocycles. The smallest absolute Gasteiger partial charge is 0.150 e. The zero-order chi connectivity index (χ0) is 17.9. The number of fused-ring (bicyclic) bond motifs is 1. The fraction of sp³-hybridized carbons (Fsp3) is 0.0500. The van der Waals surface area contributed by atoms with Crippen LogP contribution < -0.4 is 10.5 Å². The molecule has 128 valence electrons. The minimum absolute atomic E-state index is 0.208. The largest absolute Gasteiger partial charge is 0.457 e. The van der Waals surface area contributed by atoms with E-state index in [-0.39, 0.29) is 6.42 Å². The van der Waals surface area contributed by atoms with Crippen molar-refractivity contribution < 1.29 is 9.53 Å². The molecule has 4 aromatic rings. The third-order valence-electron chi connectivity index (χ3n) is 4.03. The number of aldehydes is 1. The molecule has 2 aromatic heterocycles. The van der Waals surface area contributed by atoms with Gasteiger partial charge in [0.05, 0.1) is 6.42 Å². The fourth-order valence-corrected chi connectivity index (χ4v) is 2.85. The van der Waals surface area contributed by atoms with Gasteiger partial charge in [0.2, 0.25) is 0 Å². The van der Waals surface area contributed by atoms with Crippen LogP contribution in [0.15, 0.2) is 67.0 Å². The van der Waals surface area contributed by atoms with Crippen molar-refractivity contribution in [2.24, 2.45) is 0 Å². The first-order chi connectivity index (χ1) is 12.8. The molecule has 0 radical (unpaired) electrons. The first-order valence-corrected chi connectivity index (χ1v) is 8.14. The van der Waals surface area contributed by atoms with Gasteiger partial charge < -0.3 is 15.3 Å². The Balaban J connectivity index is 1.72. The molecule has 0 saturated carbocycles. The molecule has 6 nitrogen and oxygen atoms in total. The number of nitrogens with zero attached hydrogens (tertiary/aromatic N) is 3. The van der Waals surface area contributed by atoms with Crippen LogP contribution in [-0.4, -0.2) is 20.7 Å². The maximum absolute atomic E-state index is 11.0. The van der Waals surface area contributed by atoms with Crippen LogP contribution in [0.1, 0.15) is 5.82 Å². The van der Waals surface area contributed by atoms with Crippen LogP contribution in [0.25, 0.3) is 16.8 Å². The number of imidazole rings is 1. The van der Waals surface area contributed by atoms with E-state index in [1.807, 2.05) is 54.6 Å². The summed E-state index contributed by atoms with van der Waals surface area (Å²) in [6.45, 7) is 0. The minimum Gasteiger partial charge on any atom is -0.457 e. The van der Waals surface area contributed by atoms with E-state index in [2.05, 4.69) is 9.97 Å². The summed E-state index contributed by atoms with van der Waals surface area (Å²) in [5.74, 6) is 2.50. The second kappa shape index (κ2) is 6.68.